The van der Waals surface area contributed by atoms with E-state index in [1.165, 1.54) is 5.56 Å². The second-order valence-electron chi connectivity index (χ2n) is 9.09. The lowest BCUT2D eigenvalue weighted by Gasteiger charge is -2.36. The molecule has 5 rings (SSSR count). The van der Waals surface area contributed by atoms with E-state index in [2.05, 4.69) is 26.8 Å². The van der Waals surface area contributed by atoms with Crippen LogP contribution < -0.4 is 9.80 Å². The van der Waals surface area contributed by atoms with Crippen LogP contribution in [0.3, 0.4) is 0 Å². The van der Waals surface area contributed by atoms with Crippen molar-refractivity contribution in [1.29, 1.82) is 0 Å². The number of rotatable bonds is 4. The fourth-order valence-corrected chi connectivity index (χ4v) is 4.66. The Bertz CT molecular complexity index is 1220. The number of amides is 2. The predicted octanol–water partition coefficient (Wildman–Crippen LogP) is 2.29. The summed E-state index contributed by atoms with van der Waals surface area (Å²) in [6, 6.07) is 7.97. The highest BCUT2D eigenvalue weighted by molar-refractivity contribution is 6.00. The van der Waals surface area contributed by atoms with Crippen molar-refractivity contribution in [3.63, 3.8) is 0 Å². The average molecular weight is 460 g/mol. The zero-order valence-electron chi connectivity index (χ0n) is 19.8. The number of hydrogen-bond acceptors (Lipinski definition) is 6. The number of nitrogens with zero attached hydrogens (tertiary/aromatic N) is 7. The fraction of sp³-hybridized carbons (Fsp3) is 0.400. The molecule has 9 nitrogen and oxygen atoms in total. The van der Waals surface area contributed by atoms with E-state index in [9.17, 15) is 9.59 Å². The monoisotopic (exact) mass is 459 g/mol. The molecule has 0 radical (unpaired) electrons. The van der Waals surface area contributed by atoms with Crippen molar-refractivity contribution in [3.8, 4) is 5.82 Å². The van der Waals surface area contributed by atoms with E-state index in [4.69, 9.17) is 0 Å². The number of aromatic nitrogens is 4. The molecule has 3 aromatic rings. The molecule has 2 aliphatic heterocycles. The van der Waals surface area contributed by atoms with Gasteiger partial charge in [-0.3, -0.25) is 14.2 Å². The van der Waals surface area contributed by atoms with Crippen molar-refractivity contribution in [3.05, 3.63) is 59.9 Å². The summed E-state index contributed by atoms with van der Waals surface area (Å²) in [5.41, 5.74) is 3.21. The molecule has 1 aromatic carbocycles. The summed E-state index contributed by atoms with van der Waals surface area (Å²) in [5.74, 6) is 2.10. The molecule has 2 aliphatic rings. The molecule has 0 N–H and O–H groups in total. The Morgan fingerprint density at radius 2 is 1.74 bits per heavy atom. The maximum Gasteiger partial charge on any atom is 0.228 e. The van der Waals surface area contributed by atoms with Gasteiger partial charge in [-0.15, -0.1) is 0 Å². The number of carbonyl (C=O) groups excluding carboxylic acids is 2. The van der Waals surface area contributed by atoms with Gasteiger partial charge in [0.2, 0.25) is 11.8 Å². The van der Waals surface area contributed by atoms with Crippen molar-refractivity contribution in [2.45, 2.75) is 27.2 Å². The predicted molar refractivity (Wildman–Crippen MR) is 129 cm³/mol. The van der Waals surface area contributed by atoms with Crippen LogP contribution in [0, 0.1) is 26.7 Å². The number of aryl methyl sites for hydroxylation is 3. The van der Waals surface area contributed by atoms with E-state index in [1.54, 1.807) is 17.4 Å². The first-order valence-electron chi connectivity index (χ1n) is 11.6. The van der Waals surface area contributed by atoms with Gasteiger partial charge in [0.25, 0.3) is 0 Å². The summed E-state index contributed by atoms with van der Waals surface area (Å²) in [7, 11) is 0. The van der Waals surface area contributed by atoms with Crippen molar-refractivity contribution >= 4 is 23.3 Å². The summed E-state index contributed by atoms with van der Waals surface area (Å²) in [6.07, 6.45) is 5.56. The average Bonchev–Trinajstić information content (AvgIpc) is 3.50. The molecular weight excluding hydrogens is 430 g/mol. The van der Waals surface area contributed by atoms with E-state index >= 15 is 0 Å². The number of imidazole rings is 1. The Balaban J connectivity index is 1.23. The maximum atomic E-state index is 13.2. The molecule has 0 saturated carbocycles. The van der Waals surface area contributed by atoms with Gasteiger partial charge < -0.3 is 14.7 Å². The Labute approximate surface area is 199 Å². The molecule has 9 heteroatoms. The Hall–Kier alpha value is -3.75. The highest BCUT2D eigenvalue weighted by Gasteiger charge is 2.38. The second kappa shape index (κ2) is 8.89. The molecule has 176 valence electrons. The van der Waals surface area contributed by atoms with Gasteiger partial charge in [-0.1, -0.05) is 6.07 Å². The van der Waals surface area contributed by atoms with Gasteiger partial charge in [0.1, 0.15) is 23.8 Å². The van der Waals surface area contributed by atoms with Crippen LogP contribution in [0.1, 0.15) is 23.4 Å². The lowest BCUT2D eigenvalue weighted by molar-refractivity contribution is -0.136. The van der Waals surface area contributed by atoms with Gasteiger partial charge in [-0.2, -0.15) is 0 Å². The Morgan fingerprint density at radius 1 is 0.971 bits per heavy atom. The van der Waals surface area contributed by atoms with E-state index < -0.39 is 0 Å². The van der Waals surface area contributed by atoms with Gasteiger partial charge in [0, 0.05) is 63.3 Å². The van der Waals surface area contributed by atoms with Crippen LogP contribution in [0.15, 0.2) is 43.0 Å². The molecule has 4 heterocycles. The van der Waals surface area contributed by atoms with Crippen LogP contribution >= 0.6 is 0 Å². The van der Waals surface area contributed by atoms with Crippen LogP contribution in [0.5, 0.6) is 0 Å². The number of carbonyl (C=O) groups is 2. The Morgan fingerprint density at radius 3 is 2.44 bits per heavy atom. The smallest absolute Gasteiger partial charge is 0.228 e. The third kappa shape index (κ3) is 4.25. The number of anilines is 2. The van der Waals surface area contributed by atoms with Crippen LogP contribution in [0.25, 0.3) is 5.82 Å². The molecule has 1 atom stereocenters. The third-order valence-corrected chi connectivity index (χ3v) is 6.77. The minimum atomic E-state index is -0.296. The quantitative estimate of drug-likeness (QED) is 0.595. The van der Waals surface area contributed by atoms with Crippen molar-refractivity contribution in [1.82, 2.24) is 24.4 Å². The van der Waals surface area contributed by atoms with Gasteiger partial charge in [-0.05, 0) is 44.0 Å². The molecule has 2 fully saturated rings. The molecule has 2 aromatic heterocycles. The zero-order chi connectivity index (χ0) is 23.8. The summed E-state index contributed by atoms with van der Waals surface area (Å²) >= 11 is 0. The number of hydrogen-bond donors (Lipinski definition) is 0. The molecule has 1 unspecified atom stereocenters. The number of piperazine rings is 1. The molecule has 0 bridgehead atoms. The first kappa shape index (κ1) is 22.1. The van der Waals surface area contributed by atoms with Gasteiger partial charge >= 0.3 is 0 Å². The number of benzene rings is 1. The van der Waals surface area contributed by atoms with E-state index in [0.29, 0.717) is 38.5 Å². The summed E-state index contributed by atoms with van der Waals surface area (Å²) in [6.45, 7) is 9.01. The van der Waals surface area contributed by atoms with E-state index in [1.807, 2.05) is 53.8 Å². The Kier molecular flexibility index (Phi) is 5.77. The fourth-order valence-electron chi connectivity index (χ4n) is 4.66. The highest BCUT2D eigenvalue weighted by Crippen LogP contribution is 2.28. The normalized spacial score (nSPS) is 18.6. The largest absolute Gasteiger partial charge is 0.353 e. The minimum Gasteiger partial charge on any atom is -0.353 e. The third-order valence-electron chi connectivity index (χ3n) is 6.77. The zero-order valence-corrected chi connectivity index (χ0v) is 19.8. The minimum absolute atomic E-state index is 0.0173. The standard InChI is InChI=1S/C25H29N7O2/c1-17-4-5-21(12-18(17)2)32-15-20(13-24(32)33)25(34)30-10-8-29(9-11-30)22-14-23(28-19(3)27-22)31-7-6-26-16-31/h4-7,12,14,16,20H,8-11,13,15H2,1-3H3. The molecule has 2 amide bonds. The van der Waals surface area contributed by atoms with E-state index in [-0.39, 0.29) is 24.2 Å². The molecule has 0 spiro atoms. The van der Waals surface area contributed by atoms with Crippen LogP contribution in [-0.2, 0) is 9.59 Å². The summed E-state index contributed by atoms with van der Waals surface area (Å²) in [5, 5.41) is 0. The molecule has 34 heavy (non-hydrogen) atoms. The van der Waals surface area contributed by atoms with Crippen LogP contribution in [0.4, 0.5) is 11.5 Å². The van der Waals surface area contributed by atoms with Gasteiger partial charge in [0.05, 0.1) is 5.92 Å². The molecule has 2 saturated heterocycles. The molecular formula is C25H29N7O2. The lowest BCUT2D eigenvalue weighted by atomic mass is 10.1. The highest BCUT2D eigenvalue weighted by atomic mass is 16.2. The second-order valence-corrected chi connectivity index (χ2v) is 9.09. The van der Waals surface area contributed by atoms with Crippen molar-refractivity contribution in [2.75, 3.05) is 42.5 Å². The lowest BCUT2D eigenvalue weighted by Crippen LogP contribution is -2.51. The topological polar surface area (TPSA) is 87.5 Å². The maximum absolute atomic E-state index is 13.2. The summed E-state index contributed by atoms with van der Waals surface area (Å²) in [4.78, 5) is 45.0. The summed E-state index contributed by atoms with van der Waals surface area (Å²) < 4.78 is 1.86. The van der Waals surface area contributed by atoms with Crippen molar-refractivity contribution < 1.29 is 9.59 Å². The van der Waals surface area contributed by atoms with E-state index in [0.717, 1.165) is 22.9 Å². The van der Waals surface area contributed by atoms with Crippen LogP contribution in [-0.4, -0.2) is 69.0 Å². The molecule has 0 aliphatic carbocycles. The first-order chi connectivity index (χ1) is 16.4. The van der Waals surface area contributed by atoms with Gasteiger partial charge in [-0.25, -0.2) is 15.0 Å². The van der Waals surface area contributed by atoms with Gasteiger partial charge in [0.15, 0.2) is 0 Å². The van der Waals surface area contributed by atoms with Crippen molar-refractivity contribution in [2.24, 2.45) is 5.92 Å². The first-order valence-corrected chi connectivity index (χ1v) is 11.6. The SMILES string of the molecule is Cc1nc(N2CCN(C(=O)C3CC(=O)N(c4ccc(C)c(C)c4)C3)CC2)cc(-n2ccnc2)n1. The van der Waals surface area contributed by atoms with Crippen LogP contribution in [0.2, 0.25) is 0 Å².